The summed E-state index contributed by atoms with van der Waals surface area (Å²) in [4.78, 5) is 3.93. The second kappa shape index (κ2) is 5.72. The summed E-state index contributed by atoms with van der Waals surface area (Å²) in [5, 5.41) is 8.97. The number of halogens is 1. The van der Waals surface area contributed by atoms with Crippen LogP contribution in [0.4, 0.5) is 5.69 Å². The molecule has 0 aliphatic carbocycles. The van der Waals surface area contributed by atoms with Crippen LogP contribution in [0.5, 0.6) is 0 Å². The number of sulfonamides is 1. The maximum absolute atomic E-state index is 12.4. The quantitative estimate of drug-likeness (QED) is 0.881. The Labute approximate surface area is 128 Å². The van der Waals surface area contributed by atoms with Gasteiger partial charge in [-0.15, -0.1) is 0 Å². The van der Waals surface area contributed by atoms with Crippen molar-refractivity contribution in [3.63, 3.8) is 0 Å². The van der Waals surface area contributed by atoms with Crippen molar-refractivity contribution in [2.75, 3.05) is 4.72 Å². The summed E-state index contributed by atoms with van der Waals surface area (Å²) >= 11 is 5.92. The number of nitrogens with one attached hydrogen (secondary N) is 1. The zero-order valence-corrected chi connectivity index (χ0v) is 13.0. The maximum atomic E-state index is 12.4. The van der Waals surface area contributed by atoms with Crippen LogP contribution in [-0.4, -0.2) is 13.4 Å². The van der Waals surface area contributed by atoms with E-state index >= 15 is 0 Å². The Balaban J connectivity index is 2.44. The summed E-state index contributed by atoms with van der Waals surface area (Å²) in [7, 11) is -3.79. The van der Waals surface area contributed by atoms with Crippen LogP contribution in [0.2, 0.25) is 5.15 Å². The van der Waals surface area contributed by atoms with Gasteiger partial charge < -0.3 is 0 Å². The molecule has 7 heteroatoms. The van der Waals surface area contributed by atoms with Crippen molar-refractivity contribution >= 4 is 27.3 Å². The fourth-order valence-corrected chi connectivity index (χ4v) is 3.30. The van der Waals surface area contributed by atoms with Crippen LogP contribution in [0.3, 0.4) is 0 Å². The Bertz CT molecular complexity index is 822. The smallest absolute Gasteiger partial charge is 0.262 e. The predicted molar refractivity (Wildman–Crippen MR) is 80.7 cm³/mol. The maximum Gasteiger partial charge on any atom is 0.262 e. The lowest BCUT2D eigenvalue weighted by atomic mass is 10.1. The minimum atomic E-state index is -3.79. The van der Waals surface area contributed by atoms with Crippen molar-refractivity contribution in [3.8, 4) is 6.07 Å². The van der Waals surface area contributed by atoms with Gasteiger partial charge in [0.15, 0.2) is 5.15 Å². The summed E-state index contributed by atoms with van der Waals surface area (Å²) in [5.41, 5.74) is 1.95. The van der Waals surface area contributed by atoms with Gasteiger partial charge in [-0.1, -0.05) is 11.6 Å². The van der Waals surface area contributed by atoms with Crippen molar-refractivity contribution < 1.29 is 8.42 Å². The largest absolute Gasteiger partial charge is 0.276 e. The Morgan fingerprint density at radius 2 is 1.95 bits per heavy atom. The lowest BCUT2D eigenvalue weighted by molar-refractivity contribution is 0.601. The highest BCUT2D eigenvalue weighted by atomic mass is 35.5. The van der Waals surface area contributed by atoms with E-state index < -0.39 is 10.0 Å². The molecule has 108 valence electrons. The minimum Gasteiger partial charge on any atom is -0.276 e. The fraction of sp³-hybridized carbons (Fsp3) is 0.143. The SMILES string of the molecule is Cc1cc(S(=O)(=O)Nc2c(C)ccnc2Cl)ccc1C#N. The molecule has 0 saturated carbocycles. The van der Waals surface area contributed by atoms with Gasteiger partial charge in [0.2, 0.25) is 0 Å². The van der Waals surface area contributed by atoms with Crippen LogP contribution in [0, 0.1) is 25.2 Å². The van der Waals surface area contributed by atoms with Crippen LogP contribution >= 0.6 is 11.6 Å². The van der Waals surface area contributed by atoms with Gasteiger partial charge in [-0.2, -0.15) is 5.26 Å². The first-order chi connectivity index (χ1) is 9.85. The first kappa shape index (κ1) is 15.3. The minimum absolute atomic E-state index is 0.0679. The number of nitrogens with zero attached hydrogens (tertiary/aromatic N) is 2. The monoisotopic (exact) mass is 321 g/mol. The first-order valence-corrected chi connectivity index (χ1v) is 7.86. The molecule has 1 N–H and O–H groups in total. The number of hydrogen-bond donors (Lipinski definition) is 1. The van der Waals surface area contributed by atoms with E-state index in [1.807, 2.05) is 6.07 Å². The molecule has 0 atom stereocenters. The molecule has 0 amide bonds. The van der Waals surface area contributed by atoms with Gasteiger partial charge in [0.05, 0.1) is 22.2 Å². The summed E-state index contributed by atoms with van der Waals surface area (Å²) in [6.07, 6.45) is 1.50. The van der Waals surface area contributed by atoms with Crippen molar-refractivity contribution in [1.82, 2.24) is 4.98 Å². The molecule has 0 aliphatic rings. The molecule has 5 nitrogen and oxygen atoms in total. The zero-order chi connectivity index (χ0) is 15.6. The number of nitriles is 1. The molecule has 0 spiro atoms. The number of anilines is 1. The van der Waals surface area contributed by atoms with Crippen LogP contribution in [0.15, 0.2) is 35.4 Å². The highest BCUT2D eigenvalue weighted by molar-refractivity contribution is 7.92. The Morgan fingerprint density at radius 1 is 1.24 bits per heavy atom. The van der Waals surface area contributed by atoms with Gasteiger partial charge >= 0.3 is 0 Å². The molecule has 0 bridgehead atoms. The molecular weight excluding hydrogens is 310 g/mol. The van der Waals surface area contributed by atoms with E-state index in [9.17, 15) is 8.42 Å². The molecular formula is C14H12ClN3O2S. The Morgan fingerprint density at radius 3 is 2.52 bits per heavy atom. The third-order valence-electron chi connectivity index (χ3n) is 2.98. The van der Waals surface area contributed by atoms with E-state index in [1.165, 1.54) is 24.4 Å². The van der Waals surface area contributed by atoms with Gasteiger partial charge in [0, 0.05) is 6.20 Å². The Hall–Kier alpha value is -2.10. The van der Waals surface area contributed by atoms with Gasteiger partial charge in [0.1, 0.15) is 0 Å². The third kappa shape index (κ3) is 3.15. The van der Waals surface area contributed by atoms with Gasteiger partial charge in [0.25, 0.3) is 10.0 Å². The van der Waals surface area contributed by atoms with E-state index in [0.29, 0.717) is 16.7 Å². The highest BCUT2D eigenvalue weighted by Gasteiger charge is 2.18. The summed E-state index contributed by atoms with van der Waals surface area (Å²) in [5.74, 6) is 0. The molecule has 1 heterocycles. The normalized spacial score (nSPS) is 11.0. The molecule has 2 rings (SSSR count). The highest BCUT2D eigenvalue weighted by Crippen LogP contribution is 2.26. The van der Waals surface area contributed by atoms with Gasteiger partial charge in [-0.3, -0.25) is 4.72 Å². The average Bonchev–Trinajstić information content (AvgIpc) is 2.43. The second-order valence-electron chi connectivity index (χ2n) is 4.49. The molecule has 2 aromatic rings. The van der Waals surface area contributed by atoms with Crippen molar-refractivity contribution in [1.29, 1.82) is 5.26 Å². The van der Waals surface area contributed by atoms with Crippen molar-refractivity contribution in [2.24, 2.45) is 0 Å². The van der Waals surface area contributed by atoms with Gasteiger partial charge in [-0.05, 0) is 49.2 Å². The molecule has 0 saturated heterocycles. The lowest BCUT2D eigenvalue weighted by Gasteiger charge is -2.12. The Kier molecular flexibility index (Phi) is 4.16. The summed E-state index contributed by atoms with van der Waals surface area (Å²) in [6.45, 7) is 3.41. The van der Waals surface area contributed by atoms with Gasteiger partial charge in [-0.25, -0.2) is 13.4 Å². The van der Waals surface area contributed by atoms with E-state index in [2.05, 4.69) is 9.71 Å². The molecule has 0 radical (unpaired) electrons. The van der Waals surface area contributed by atoms with E-state index in [-0.39, 0.29) is 15.7 Å². The third-order valence-corrected chi connectivity index (χ3v) is 4.61. The number of rotatable bonds is 3. The molecule has 0 fully saturated rings. The predicted octanol–water partition coefficient (Wildman–Crippen LogP) is 3.02. The van der Waals surface area contributed by atoms with E-state index in [0.717, 1.165) is 0 Å². The average molecular weight is 322 g/mol. The number of hydrogen-bond acceptors (Lipinski definition) is 4. The molecule has 1 aromatic carbocycles. The number of aryl methyl sites for hydroxylation is 2. The molecule has 1 aromatic heterocycles. The topological polar surface area (TPSA) is 82.8 Å². The number of aromatic nitrogens is 1. The molecule has 0 aliphatic heterocycles. The second-order valence-corrected chi connectivity index (χ2v) is 6.53. The van der Waals surface area contributed by atoms with Crippen LogP contribution in [-0.2, 0) is 10.0 Å². The fourth-order valence-electron chi connectivity index (χ4n) is 1.77. The van der Waals surface area contributed by atoms with E-state index in [4.69, 9.17) is 16.9 Å². The standard InChI is InChI=1S/C14H12ClN3O2S/c1-9-5-6-17-14(15)13(9)18-21(19,20)12-4-3-11(8-16)10(2)7-12/h3-7,18H,1-2H3. The lowest BCUT2D eigenvalue weighted by Crippen LogP contribution is -2.14. The van der Waals surface area contributed by atoms with Crippen LogP contribution in [0.1, 0.15) is 16.7 Å². The first-order valence-electron chi connectivity index (χ1n) is 6.00. The zero-order valence-electron chi connectivity index (χ0n) is 11.4. The van der Waals surface area contributed by atoms with Crippen molar-refractivity contribution in [3.05, 3.63) is 52.3 Å². The van der Waals surface area contributed by atoms with E-state index in [1.54, 1.807) is 19.9 Å². The number of benzene rings is 1. The number of pyridine rings is 1. The van der Waals surface area contributed by atoms with Crippen molar-refractivity contribution in [2.45, 2.75) is 18.7 Å². The molecule has 21 heavy (non-hydrogen) atoms. The summed E-state index contributed by atoms with van der Waals surface area (Å²) < 4.78 is 27.2. The summed E-state index contributed by atoms with van der Waals surface area (Å²) in [6, 6.07) is 7.96. The molecule has 0 unspecified atom stereocenters. The van der Waals surface area contributed by atoms with Crippen LogP contribution in [0.25, 0.3) is 0 Å². The van der Waals surface area contributed by atoms with Crippen LogP contribution < -0.4 is 4.72 Å².